The van der Waals surface area contributed by atoms with Crippen molar-refractivity contribution >= 4 is 11.3 Å². The number of nitrogens with zero attached hydrogens (tertiary/aromatic N) is 1. The first-order valence-corrected chi connectivity index (χ1v) is 4.75. The number of nitrogens with two attached hydrogens (primary N) is 1. The molecule has 0 amide bonds. The highest BCUT2D eigenvalue weighted by Crippen LogP contribution is 2.23. The van der Waals surface area contributed by atoms with Crippen molar-refractivity contribution in [3.05, 3.63) is 15.6 Å². The number of hydrogen-bond acceptors (Lipinski definition) is 4. The van der Waals surface area contributed by atoms with Gasteiger partial charge in [0.05, 0.1) is 17.3 Å². The summed E-state index contributed by atoms with van der Waals surface area (Å²) in [6.07, 6.45) is 0. The number of thiazole rings is 1. The van der Waals surface area contributed by atoms with Crippen LogP contribution < -0.4 is 5.73 Å². The molecule has 0 aromatic carbocycles. The fourth-order valence-electron chi connectivity index (χ4n) is 0.926. The average Bonchev–Trinajstić information content (AvgIpc) is 2.35. The van der Waals surface area contributed by atoms with Gasteiger partial charge in [0.15, 0.2) is 0 Å². The Hall–Kier alpha value is -0.450. The predicted octanol–water partition coefficient (Wildman–Crippen LogP) is 0.795. The van der Waals surface area contributed by atoms with Gasteiger partial charge < -0.3 is 10.8 Å². The van der Waals surface area contributed by atoms with Crippen molar-refractivity contribution < 1.29 is 5.11 Å². The van der Waals surface area contributed by atoms with E-state index in [1.807, 2.05) is 13.8 Å². The van der Waals surface area contributed by atoms with Crippen LogP contribution in [-0.2, 0) is 0 Å². The van der Waals surface area contributed by atoms with Gasteiger partial charge in [-0.05, 0) is 13.8 Å². The summed E-state index contributed by atoms with van der Waals surface area (Å²) in [7, 11) is 0. The zero-order valence-electron chi connectivity index (χ0n) is 7.37. The number of rotatable bonds is 3. The number of aromatic nitrogens is 1. The Morgan fingerprint density at radius 3 is 2.58 bits per heavy atom. The zero-order chi connectivity index (χ0) is 9.14. The van der Waals surface area contributed by atoms with Crippen molar-refractivity contribution in [3.8, 4) is 0 Å². The molecule has 0 aliphatic rings. The zero-order valence-corrected chi connectivity index (χ0v) is 8.19. The smallest absolute Gasteiger partial charge is 0.0997 e. The maximum Gasteiger partial charge on any atom is 0.0997 e. The minimum Gasteiger partial charge on any atom is -0.396 e. The summed E-state index contributed by atoms with van der Waals surface area (Å²) in [6.45, 7) is 4.55. The number of aliphatic hydroxyl groups excluding tert-OH is 1. The summed E-state index contributed by atoms with van der Waals surface area (Å²) in [5, 5.41) is 9.92. The molecule has 68 valence electrons. The second kappa shape index (κ2) is 3.98. The summed E-state index contributed by atoms with van der Waals surface area (Å²) >= 11 is 1.62. The van der Waals surface area contributed by atoms with E-state index in [1.54, 1.807) is 11.3 Å². The number of aliphatic hydroxyl groups is 1. The monoisotopic (exact) mass is 186 g/mol. The lowest BCUT2D eigenvalue weighted by molar-refractivity contribution is 0.267. The van der Waals surface area contributed by atoms with Crippen molar-refractivity contribution in [2.45, 2.75) is 19.8 Å². The number of hydrogen-bond donors (Lipinski definition) is 2. The summed E-state index contributed by atoms with van der Waals surface area (Å²) < 4.78 is 0. The van der Waals surface area contributed by atoms with Crippen LogP contribution in [0, 0.1) is 13.8 Å². The molecule has 1 rings (SSSR count). The van der Waals surface area contributed by atoms with Crippen molar-refractivity contribution in [1.29, 1.82) is 0 Å². The van der Waals surface area contributed by atoms with Gasteiger partial charge in [0.1, 0.15) is 0 Å². The first-order valence-electron chi connectivity index (χ1n) is 3.94. The van der Waals surface area contributed by atoms with E-state index in [4.69, 9.17) is 10.8 Å². The maximum absolute atomic E-state index is 8.97. The van der Waals surface area contributed by atoms with E-state index in [1.165, 1.54) is 4.88 Å². The maximum atomic E-state index is 8.97. The van der Waals surface area contributed by atoms with E-state index >= 15 is 0 Å². The molecule has 0 saturated heterocycles. The van der Waals surface area contributed by atoms with Crippen LogP contribution in [0.25, 0.3) is 0 Å². The average molecular weight is 186 g/mol. The Morgan fingerprint density at radius 1 is 1.58 bits per heavy atom. The molecule has 1 heterocycles. The fraction of sp³-hybridized carbons (Fsp3) is 0.625. The molecule has 0 aliphatic heterocycles. The summed E-state index contributed by atoms with van der Waals surface area (Å²) in [6, 6.07) is 0. The van der Waals surface area contributed by atoms with Gasteiger partial charge in [-0.15, -0.1) is 11.3 Å². The van der Waals surface area contributed by atoms with Gasteiger partial charge in [0.25, 0.3) is 0 Å². The standard InChI is InChI=1S/C8H14N2OS/c1-5-6(2)12-8(10-5)7(3-9)4-11/h7,11H,3-4,9H2,1-2H3. The van der Waals surface area contributed by atoms with Gasteiger partial charge in [0.2, 0.25) is 0 Å². The highest BCUT2D eigenvalue weighted by Gasteiger charge is 2.13. The molecule has 0 radical (unpaired) electrons. The van der Waals surface area contributed by atoms with E-state index in [0.717, 1.165) is 10.7 Å². The van der Waals surface area contributed by atoms with Crippen LogP contribution in [0.5, 0.6) is 0 Å². The molecule has 0 fully saturated rings. The topological polar surface area (TPSA) is 59.1 Å². The molecule has 1 aromatic heterocycles. The minimum absolute atomic E-state index is 0.0161. The molecule has 1 unspecified atom stereocenters. The van der Waals surface area contributed by atoms with Gasteiger partial charge in [0, 0.05) is 17.3 Å². The van der Waals surface area contributed by atoms with Crippen LogP contribution in [0.4, 0.5) is 0 Å². The van der Waals surface area contributed by atoms with Crippen LogP contribution in [-0.4, -0.2) is 23.2 Å². The highest BCUT2D eigenvalue weighted by atomic mass is 32.1. The van der Waals surface area contributed by atoms with Gasteiger partial charge in [-0.1, -0.05) is 0 Å². The molecule has 1 atom stereocenters. The quantitative estimate of drug-likeness (QED) is 0.734. The second-order valence-corrected chi connectivity index (χ2v) is 4.04. The van der Waals surface area contributed by atoms with Crippen LogP contribution in [0.1, 0.15) is 21.5 Å². The Labute approximate surface area is 76.3 Å². The Kier molecular flexibility index (Phi) is 3.20. The summed E-state index contributed by atoms with van der Waals surface area (Å²) in [4.78, 5) is 5.54. The van der Waals surface area contributed by atoms with Gasteiger partial charge in [-0.2, -0.15) is 0 Å². The first-order chi connectivity index (χ1) is 5.69. The van der Waals surface area contributed by atoms with E-state index < -0.39 is 0 Å². The lowest BCUT2D eigenvalue weighted by atomic mass is 10.2. The lowest BCUT2D eigenvalue weighted by Gasteiger charge is -2.05. The molecule has 0 saturated carbocycles. The molecule has 3 N–H and O–H groups in total. The van der Waals surface area contributed by atoms with E-state index in [-0.39, 0.29) is 12.5 Å². The third-order valence-corrected chi connectivity index (χ3v) is 3.13. The van der Waals surface area contributed by atoms with Gasteiger partial charge >= 0.3 is 0 Å². The van der Waals surface area contributed by atoms with Crippen molar-refractivity contribution in [2.24, 2.45) is 5.73 Å². The van der Waals surface area contributed by atoms with Gasteiger partial charge in [-0.25, -0.2) is 4.98 Å². The Balaban J connectivity index is 2.86. The number of aryl methyl sites for hydroxylation is 2. The summed E-state index contributed by atoms with van der Waals surface area (Å²) in [5.74, 6) is 0.0161. The molecule has 12 heavy (non-hydrogen) atoms. The molecule has 1 aromatic rings. The fourth-order valence-corrected chi connectivity index (χ4v) is 1.95. The molecule has 3 nitrogen and oxygen atoms in total. The van der Waals surface area contributed by atoms with E-state index in [0.29, 0.717) is 6.54 Å². The largest absolute Gasteiger partial charge is 0.396 e. The molecule has 4 heteroatoms. The van der Waals surface area contributed by atoms with Crippen LogP contribution >= 0.6 is 11.3 Å². The molecular formula is C8H14N2OS. The molecular weight excluding hydrogens is 172 g/mol. The van der Waals surface area contributed by atoms with Crippen molar-refractivity contribution in [3.63, 3.8) is 0 Å². The van der Waals surface area contributed by atoms with Crippen LogP contribution in [0.2, 0.25) is 0 Å². The molecule has 0 aliphatic carbocycles. The third-order valence-electron chi connectivity index (χ3n) is 1.90. The Morgan fingerprint density at radius 2 is 2.25 bits per heavy atom. The lowest BCUT2D eigenvalue weighted by Crippen LogP contribution is -2.15. The van der Waals surface area contributed by atoms with E-state index in [9.17, 15) is 0 Å². The normalized spacial score (nSPS) is 13.3. The molecule has 0 bridgehead atoms. The van der Waals surface area contributed by atoms with E-state index in [2.05, 4.69) is 4.98 Å². The van der Waals surface area contributed by atoms with Crippen LogP contribution in [0.3, 0.4) is 0 Å². The predicted molar refractivity (Wildman–Crippen MR) is 50.5 cm³/mol. The second-order valence-electron chi connectivity index (χ2n) is 2.81. The summed E-state index contributed by atoms with van der Waals surface area (Å²) in [5.41, 5.74) is 6.52. The SMILES string of the molecule is Cc1nc(C(CN)CO)sc1C. The minimum atomic E-state index is 0.0161. The third kappa shape index (κ3) is 1.83. The Bertz CT molecular complexity index is 236. The van der Waals surface area contributed by atoms with Crippen molar-refractivity contribution in [2.75, 3.05) is 13.2 Å². The molecule has 0 spiro atoms. The van der Waals surface area contributed by atoms with Crippen LogP contribution in [0.15, 0.2) is 0 Å². The highest BCUT2D eigenvalue weighted by molar-refractivity contribution is 7.11. The van der Waals surface area contributed by atoms with Crippen molar-refractivity contribution in [1.82, 2.24) is 4.98 Å². The first kappa shape index (κ1) is 9.64. The van der Waals surface area contributed by atoms with Gasteiger partial charge in [-0.3, -0.25) is 0 Å².